The smallest absolute Gasteiger partial charge is 0.259 e. The van der Waals surface area contributed by atoms with Crippen LogP contribution in [0.15, 0.2) is 61.2 Å². The topological polar surface area (TPSA) is 128 Å². The predicted octanol–water partition coefficient (Wildman–Crippen LogP) is 3.35. The SMILES string of the molecule is CC(C)n1cnnc1-c1cccc(NC(=O)c2cc(C(=O)Nc3ccnnc3)ccc2F)n1. The summed E-state index contributed by atoms with van der Waals surface area (Å²) in [5.41, 5.74) is 0.720. The Kier molecular flexibility index (Phi) is 6.11. The number of halogens is 1. The molecule has 0 spiro atoms. The second-order valence-electron chi connectivity index (χ2n) is 7.30. The average molecular weight is 446 g/mol. The maximum atomic E-state index is 14.4. The van der Waals surface area contributed by atoms with Gasteiger partial charge in [0.2, 0.25) is 0 Å². The molecule has 3 heterocycles. The third-order valence-corrected chi connectivity index (χ3v) is 4.66. The molecule has 0 fully saturated rings. The molecule has 11 heteroatoms. The van der Waals surface area contributed by atoms with E-state index in [1.807, 2.05) is 18.4 Å². The number of aromatic nitrogens is 6. The molecule has 2 N–H and O–H groups in total. The monoisotopic (exact) mass is 446 g/mol. The summed E-state index contributed by atoms with van der Waals surface area (Å²) < 4.78 is 16.2. The largest absolute Gasteiger partial charge is 0.320 e. The van der Waals surface area contributed by atoms with Crippen molar-refractivity contribution in [2.75, 3.05) is 10.6 Å². The minimum atomic E-state index is -0.773. The van der Waals surface area contributed by atoms with Crippen LogP contribution in [-0.2, 0) is 0 Å². The second kappa shape index (κ2) is 9.30. The number of hydrogen-bond acceptors (Lipinski definition) is 7. The quantitative estimate of drug-likeness (QED) is 0.465. The highest BCUT2D eigenvalue weighted by Gasteiger charge is 2.17. The maximum Gasteiger partial charge on any atom is 0.259 e. The van der Waals surface area contributed by atoms with E-state index in [0.29, 0.717) is 17.2 Å². The van der Waals surface area contributed by atoms with Crippen molar-refractivity contribution in [1.29, 1.82) is 0 Å². The predicted molar refractivity (Wildman–Crippen MR) is 118 cm³/mol. The minimum Gasteiger partial charge on any atom is -0.320 e. The van der Waals surface area contributed by atoms with E-state index in [1.54, 1.807) is 30.6 Å². The van der Waals surface area contributed by atoms with Crippen molar-refractivity contribution in [3.63, 3.8) is 0 Å². The lowest BCUT2D eigenvalue weighted by Crippen LogP contribution is -2.18. The zero-order chi connectivity index (χ0) is 23.4. The van der Waals surface area contributed by atoms with E-state index in [-0.39, 0.29) is 23.0 Å². The van der Waals surface area contributed by atoms with Gasteiger partial charge in [0, 0.05) is 11.6 Å². The normalized spacial score (nSPS) is 10.8. The number of rotatable bonds is 6. The molecule has 0 aliphatic heterocycles. The summed E-state index contributed by atoms with van der Waals surface area (Å²) in [4.78, 5) is 29.6. The van der Waals surface area contributed by atoms with Crippen LogP contribution in [0.3, 0.4) is 0 Å². The fourth-order valence-electron chi connectivity index (χ4n) is 3.02. The van der Waals surface area contributed by atoms with E-state index in [9.17, 15) is 14.0 Å². The number of nitrogens with zero attached hydrogens (tertiary/aromatic N) is 6. The summed E-state index contributed by atoms with van der Waals surface area (Å²) in [6.07, 6.45) is 4.39. The molecule has 33 heavy (non-hydrogen) atoms. The fourth-order valence-corrected chi connectivity index (χ4v) is 3.02. The molecule has 4 aromatic rings. The summed E-state index contributed by atoms with van der Waals surface area (Å²) in [7, 11) is 0. The van der Waals surface area contributed by atoms with Crippen LogP contribution >= 0.6 is 0 Å². The standard InChI is InChI=1S/C22H19FN8O2/c1-13(2)31-12-26-30-20(31)18-4-3-5-19(28-18)29-22(33)16-10-14(6-7-17(16)23)21(32)27-15-8-9-24-25-11-15/h3-13H,1-2H3,(H,24,27,32)(H,28,29,33). The van der Waals surface area contributed by atoms with Crippen molar-refractivity contribution in [3.05, 3.63) is 78.1 Å². The Labute approximate surface area is 187 Å². The first kappa shape index (κ1) is 21.7. The number of pyridine rings is 1. The van der Waals surface area contributed by atoms with E-state index in [4.69, 9.17) is 0 Å². The summed E-state index contributed by atoms with van der Waals surface area (Å²) in [6, 6.07) is 10.2. The van der Waals surface area contributed by atoms with Gasteiger partial charge in [0.05, 0.1) is 23.6 Å². The molecule has 1 aromatic carbocycles. The van der Waals surface area contributed by atoms with Gasteiger partial charge in [-0.3, -0.25) is 9.59 Å². The average Bonchev–Trinajstić information content (AvgIpc) is 3.31. The summed E-state index contributed by atoms with van der Waals surface area (Å²) in [5, 5.41) is 20.5. The van der Waals surface area contributed by atoms with E-state index in [2.05, 4.69) is 36.0 Å². The van der Waals surface area contributed by atoms with Crippen LogP contribution in [0.4, 0.5) is 15.9 Å². The van der Waals surface area contributed by atoms with E-state index >= 15 is 0 Å². The highest BCUT2D eigenvalue weighted by atomic mass is 19.1. The lowest BCUT2D eigenvalue weighted by Gasteiger charge is -2.11. The summed E-state index contributed by atoms with van der Waals surface area (Å²) in [5.74, 6) is -1.30. The van der Waals surface area contributed by atoms with Crippen LogP contribution in [0.25, 0.3) is 11.5 Å². The van der Waals surface area contributed by atoms with Gasteiger partial charge in [0.1, 0.15) is 23.7 Å². The maximum absolute atomic E-state index is 14.4. The molecular formula is C22H19FN8O2. The Morgan fingerprint density at radius 2 is 1.85 bits per heavy atom. The Morgan fingerprint density at radius 3 is 2.61 bits per heavy atom. The second-order valence-corrected chi connectivity index (χ2v) is 7.30. The van der Waals surface area contributed by atoms with Crippen molar-refractivity contribution in [3.8, 4) is 11.5 Å². The molecule has 0 saturated heterocycles. The van der Waals surface area contributed by atoms with Crippen LogP contribution in [0.1, 0.15) is 40.6 Å². The lowest BCUT2D eigenvalue weighted by atomic mass is 10.1. The molecule has 10 nitrogen and oxygen atoms in total. The van der Waals surface area contributed by atoms with Crippen LogP contribution in [0, 0.1) is 5.82 Å². The molecule has 2 amide bonds. The Balaban J connectivity index is 1.55. The van der Waals surface area contributed by atoms with Crippen molar-refractivity contribution in [1.82, 2.24) is 29.9 Å². The summed E-state index contributed by atoms with van der Waals surface area (Å²) in [6.45, 7) is 3.96. The molecule has 0 aliphatic rings. The highest BCUT2D eigenvalue weighted by molar-refractivity contribution is 6.08. The minimum absolute atomic E-state index is 0.102. The van der Waals surface area contributed by atoms with Gasteiger partial charge in [-0.1, -0.05) is 6.07 Å². The number of anilines is 2. The fraction of sp³-hybridized carbons (Fsp3) is 0.136. The molecule has 0 atom stereocenters. The van der Waals surface area contributed by atoms with Gasteiger partial charge in [-0.15, -0.1) is 10.2 Å². The third kappa shape index (κ3) is 4.87. The van der Waals surface area contributed by atoms with E-state index in [1.165, 1.54) is 24.5 Å². The van der Waals surface area contributed by atoms with Gasteiger partial charge >= 0.3 is 0 Å². The van der Waals surface area contributed by atoms with Gasteiger partial charge in [0.15, 0.2) is 5.82 Å². The van der Waals surface area contributed by atoms with Gasteiger partial charge in [-0.25, -0.2) is 9.37 Å². The summed E-state index contributed by atoms with van der Waals surface area (Å²) >= 11 is 0. The molecular weight excluding hydrogens is 427 g/mol. The zero-order valence-electron chi connectivity index (χ0n) is 17.7. The highest BCUT2D eigenvalue weighted by Crippen LogP contribution is 2.20. The van der Waals surface area contributed by atoms with E-state index in [0.717, 1.165) is 6.07 Å². The van der Waals surface area contributed by atoms with Crippen molar-refractivity contribution < 1.29 is 14.0 Å². The number of carbonyl (C=O) groups excluding carboxylic acids is 2. The number of nitrogens with one attached hydrogen (secondary N) is 2. The number of benzene rings is 1. The Bertz CT molecular complexity index is 1310. The molecule has 0 bridgehead atoms. The molecule has 0 saturated carbocycles. The number of hydrogen-bond donors (Lipinski definition) is 2. The number of amides is 2. The first-order valence-corrected chi connectivity index (χ1v) is 9.98. The third-order valence-electron chi connectivity index (χ3n) is 4.66. The number of carbonyl (C=O) groups is 2. The van der Waals surface area contributed by atoms with E-state index < -0.39 is 17.6 Å². The first-order chi connectivity index (χ1) is 15.9. The van der Waals surface area contributed by atoms with Crippen molar-refractivity contribution in [2.24, 2.45) is 0 Å². The Morgan fingerprint density at radius 1 is 1.00 bits per heavy atom. The molecule has 4 rings (SSSR count). The van der Waals surface area contributed by atoms with Gasteiger partial charge in [0.25, 0.3) is 11.8 Å². The molecule has 3 aromatic heterocycles. The molecule has 0 aliphatic carbocycles. The van der Waals surface area contributed by atoms with Crippen molar-refractivity contribution >= 4 is 23.3 Å². The van der Waals surface area contributed by atoms with Crippen LogP contribution in [0.5, 0.6) is 0 Å². The van der Waals surface area contributed by atoms with Gasteiger partial charge in [-0.2, -0.15) is 10.2 Å². The van der Waals surface area contributed by atoms with Gasteiger partial charge < -0.3 is 15.2 Å². The molecule has 0 unspecified atom stereocenters. The zero-order valence-corrected chi connectivity index (χ0v) is 17.7. The Hall–Kier alpha value is -4.54. The van der Waals surface area contributed by atoms with Crippen molar-refractivity contribution in [2.45, 2.75) is 19.9 Å². The van der Waals surface area contributed by atoms with Crippen LogP contribution in [-0.4, -0.2) is 41.8 Å². The first-order valence-electron chi connectivity index (χ1n) is 9.98. The van der Waals surface area contributed by atoms with Gasteiger partial charge in [-0.05, 0) is 50.2 Å². The molecule has 0 radical (unpaired) electrons. The lowest BCUT2D eigenvalue weighted by molar-refractivity contribution is 0.102. The van der Waals surface area contributed by atoms with Crippen LogP contribution in [0.2, 0.25) is 0 Å². The van der Waals surface area contributed by atoms with Crippen LogP contribution < -0.4 is 10.6 Å². The molecule has 166 valence electrons.